The lowest BCUT2D eigenvalue weighted by molar-refractivity contribution is -0.0494. The molecule has 0 saturated carbocycles. The molecule has 126 valence electrons. The van der Waals surface area contributed by atoms with Crippen molar-refractivity contribution >= 4 is 35.5 Å². The number of rotatable bonds is 4. The van der Waals surface area contributed by atoms with Gasteiger partial charge in [0, 0.05) is 0 Å². The molecular formula is C10H14N5O6PS. The van der Waals surface area contributed by atoms with Crippen LogP contribution in [0.1, 0.15) is 6.23 Å². The lowest BCUT2D eigenvalue weighted by atomic mass is 10.1. The molecule has 0 aliphatic carbocycles. The van der Waals surface area contributed by atoms with E-state index in [-0.39, 0.29) is 5.82 Å². The van der Waals surface area contributed by atoms with Gasteiger partial charge in [-0.25, -0.2) is 15.0 Å². The minimum Gasteiger partial charge on any atom is -0.394 e. The Morgan fingerprint density at radius 3 is 2.78 bits per heavy atom. The van der Waals surface area contributed by atoms with Crippen molar-refractivity contribution in [3.63, 3.8) is 0 Å². The number of aliphatic hydroxyl groups excluding tert-OH is 2. The van der Waals surface area contributed by atoms with Crippen LogP contribution >= 0.6 is 6.72 Å². The number of anilines is 1. The van der Waals surface area contributed by atoms with Gasteiger partial charge in [-0.1, -0.05) is 0 Å². The topological polar surface area (TPSA) is 169 Å². The third kappa shape index (κ3) is 3.07. The maximum Gasteiger partial charge on any atom is 0.322 e. The van der Waals surface area contributed by atoms with Crippen molar-refractivity contribution in [1.82, 2.24) is 19.5 Å². The third-order valence-corrected chi connectivity index (χ3v) is 4.19. The predicted octanol–water partition coefficient (Wildman–Crippen LogP) is -1.75. The molecule has 2 aromatic heterocycles. The van der Waals surface area contributed by atoms with E-state index in [0.717, 1.165) is 0 Å². The predicted molar refractivity (Wildman–Crippen MR) is 80.3 cm³/mol. The van der Waals surface area contributed by atoms with Crippen LogP contribution in [0.25, 0.3) is 11.2 Å². The fraction of sp³-hybridized carbons (Fsp3) is 0.500. The van der Waals surface area contributed by atoms with Gasteiger partial charge in [-0.3, -0.25) is 9.09 Å². The molecule has 1 aliphatic rings. The Morgan fingerprint density at radius 2 is 2.13 bits per heavy atom. The smallest absolute Gasteiger partial charge is 0.322 e. The summed E-state index contributed by atoms with van der Waals surface area (Å²) in [5.74, 6) is 0.151. The molecule has 1 saturated heterocycles. The number of imidazole rings is 1. The Morgan fingerprint density at radius 1 is 1.39 bits per heavy atom. The Hall–Kier alpha value is -1.24. The molecule has 0 unspecified atom stereocenters. The summed E-state index contributed by atoms with van der Waals surface area (Å²) in [6, 6.07) is 0. The van der Waals surface area contributed by atoms with Gasteiger partial charge in [0.2, 0.25) is 0 Å². The highest BCUT2D eigenvalue weighted by atomic mass is 32.5. The lowest BCUT2D eigenvalue weighted by Gasteiger charge is -2.23. The summed E-state index contributed by atoms with van der Waals surface area (Å²) in [4.78, 5) is 30.7. The van der Waals surface area contributed by atoms with E-state index in [1.165, 1.54) is 17.2 Å². The highest BCUT2D eigenvalue weighted by molar-refractivity contribution is 8.06. The maximum absolute atomic E-state index is 10.2. The number of nitrogen functional groups attached to an aromatic ring is 1. The molecule has 0 spiro atoms. The maximum atomic E-state index is 10.2. The average Bonchev–Trinajstić information content (AvgIpc) is 3.01. The standard InChI is InChI=1S/C10H14N5O6PS/c11-8-5-9(13-2-12-8)15(3-14-5)10-7(21-22(18,19)23)6(17)4(1-16)20-10/h2-4,6-7,10,16-17H,1H2,(H2,11,12,13)(H2,18,19,23)/t4-,6-,7-,10-/m1/s1. The molecule has 3 rings (SSSR count). The summed E-state index contributed by atoms with van der Waals surface area (Å²) in [6.07, 6.45) is -2.04. The van der Waals surface area contributed by atoms with Crippen molar-refractivity contribution in [1.29, 1.82) is 0 Å². The van der Waals surface area contributed by atoms with Gasteiger partial charge in [0.25, 0.3) is 0 Å². The molecular weight excluding hydrogens is 349 g/mol. The van der Waals surface area contributed by atoms with Gasteiger partial charge in [-0.15, -0.1) is 0 Å². The summed E-state index contributed by atoms with van der Waals surface area (Å²) in [6.45, 7) is -4.58. The Kier molecular flexibility index (Phi) is 4.33. The summed E-state index contributed by atoms with van der Waals surface area (Å²) in [5, 5.41) is 19.4. The molecule has 0 bridgehead atoms. The molecule has 1 aliphatic heterocycles. The molecule has 11 nitrogen and oxygen atoms in total. The van der Waals surface area contributed by atoms with Crippen LogP contribution in [0, 0.1) is 0 Å². The first kappa shape index (κ1) is 16.6. The van der Waals surface area contributed by atoms with E-state index >= 15 is 0 Å². The van der Waals surface area contributed by atoms with Crippen LogP contribution in [-0.2, 0) is 21.1 Å². The van der Waals surface area contributed by atoms with Crippen LogP contribution < -0.4 is 5.73 Å². The monoisotopic (exact) mass is 363 g/mol. The van der Waals surface area contributed by atoms with E-state index in [4.69, 9.17) is 15.0 Å². The van der Waals surface area contributed by atoms with Gasteiger partial charge in [0.15, 0.2) is 17.7 Å². The zero-order valence-electron chi connectivity index (χ0n) is 11.5. The number of aromatic nitrogens is 4. The van der Waals surface area contributed by atoms with Crippen LogP contribution in [0.2, 0.25) is 0 Å². The van der Waals surface area contributed by atoms with Gasteiger partial charge in [0.05, 0.1) is 12.9 Å². The Bertz CT molecular complexity index is 767. The summed E-state index contributed by atoms with van der Waals surface area (Å²) in [5.41, 5.74) is 6.31. The van der Waals surface area contributed by atoms with Crippen molar-refractivity contribution in [3.05, 3.63) is 12.7 Å². The van der Waals surface area contributed by atoms with Crippen LogP contribution in [0.3, 0.4) is 0 Å². The molecule has 3 heterocycles. The quantitative estimate of drug-likeness (QED) is 0.391. The molecule has 6 N–H and O–H groups in total. The highest BCUT2D eigenvalue weighted by Gasteiger charge is 2.47. The van der Waals surface area contributed by atoms with E-state index in [1.54, 1.807) is 0 Å². The zero-order chi connectivity index (χ0) is 16.8. The largest absolute Gasteiger partial charge is 0.394 e. The normalized spacial score (nSPS) is 28.5. The SMILES string of the molecule is Nc1ncnc2c1ncn2[C@@H]1O[C@H](CO)[C@@H](O)[C@H]1OP(O)(O)=S. The van der Waals surface area contributed by atoms with Crippen LogP contribution in [0.4, 0.5) is 5.82 Å². The first-order chi connectivity index (χ1) is 10.8. The molecule has 2 aromatic rings. The van der Waals surface area contributed by atoms with Crippen molar-refractivity contribution in [2.24, 2.45) is 0 Å². The first-order valence-corrected chi connectivity index (χ1v) is 9.05. The van der Waals surface area contributed by atoms with E-state index in [0.29, 0.717) is 11.2 Å². The first-order valence-electron chi connectivity index (χ1n) is 6.43. The van der Waals surface area contributed by atoms with Crippen molar-refractivity contribution in [2.45, 2.75) is 24.5 Å². The second-order valence-electron chi connectivity index (χ2n) is 4.88. The van der Waals surface area contributed by atoms with Gasteiger partial charge >= 0.3 is 6.72 Å². The fourth-order valence-electron chi connectivity index (χ4n) is 2.42. The Labute approximate surface area is 134 Å². The molecule has 13 heteroatoms. The lowest BCUT2D eigenvalue weighted by Crippen LogP contribution is -2.34. The molecule has 0 aromatic carbocycles. The second-order valence-corrected chi connectivity index (χ2v) is 7.50. The second kappa shape index (κ2) is 6.00. The van der Waals surface area contributed by atoms with E-state index in [9.17, 15) is 20.0 Å². The molecule has 23 heavy (non-hydrogen) atoms. The fourth-order valence-corrected chi connectivity index (χ4v) is 3.27. The van der Waals surface area contributed by atoms with Crippen LogP contribution in [0.5, 0.6) is 0 Å². The molecule has 0 radical (unpaired) electrons. The van der Waals surface area contributed by atoms with Crippen LogP contribution in [0.15, 0.2) is 12.7 Å². The summed E-state index contributed by atoms with van der Waals surface area (Å²) >= 11 is 4.45. The van der Waals surface area contributed by atoms with Gasteiger partial charge < -0.3 is 30.5 Å². The van der Waals surface area contributed by atoms with Gasteiger partial charge in [-0.05, 0) is 11.8 Å². The highest BCUT2D eigenvalue weighted by Crippen LogP contribution is 2.45. The molecule has 1 fully saturated rings. The number of ether oxygens (including phenoxy) is 1. The van der Waals surface area contributed by atoms with Crippen molar-refractivity contribution in [3.8, 4) is 0 Å². The van der Waals surface area contributed by atoms with E-state index < -0.39 is 37.9 Å². The third-order valence-electron chi connectivity index (χ3n) is 3.41. The molecule has 4 atom stereocenters. The minimum atomic E-state index is -4.08. The van der Waals surface area contributed by atoms with Crippen molar-refractivity contribution < 1.29 is 29.3 Å². The van der Waals surface area contributed by atoms with Crippen molar-refractivity contribution in [2.75, 3.05) is 12.3 Å². The number of hydrogen-bond donors (Lipinski definition) is 5. The number of nitrogens with zero attached hydrogens (tertiary/aromatic N) is 4. The number of nitrogens with two attached hydrogens (primary N) is 1. The van der Waals surface area contributed by atoms with Gasteiger partial charge in [0.1, 0.15) is 30.2 Å². The zero-order valence-corrected chi connectivity index (χ0v) is 13.2. The van der Waals surface area contributed by atoms with Crippen LogP contribution in [-0.4, -0.2) is 64.4 Å². The summed E-state index contributed by atoms with van der Waals surface area (Å²) in [7, 11) is 0. The average molecular weight is 363 g/mol. The van der Waals surface area contributed by atoms with E-state index in [1.807, 2.05) is 0 Å². The number of hydrogen-bond acceptors (Lipinski definition) is 9. The summed E-state index contributed by atoms with van der Waals surface area (Å²) < 4.78 is 11.9. The molecule has 0 amide bonds. The van der Waals surface area contributed by atoms with Gasteiger partial charge in [-0.2, -0.15) is 0 Å². The van der Waals surface area contributed by atoms with E-state index in [2.05, 4.69) is 26.8 Å². The minimum absolute atomic E-state index is 0.151. The number of aliphatic hydroxyl groups is 2. The number of fused-ring (bicyclic) bond motifs is 1. The Balaban J connectivity index is 2.04.